The highest BCUT2D eigenvalue weighted by Crippen LogP contribution is 2.29. The molecule has 1 atom stereocenters. The first-order chi connectivity index (χ1) is 16.9. The van der Waals surface area contributed by atoms with Crippen LogP contribution < -0.4 is 5.32 Å². The van der Waals surface area contributed by atoms with Gasteiger partial charge >= 0.3 is 0 Å². The molecular formula is C27H27N5O2S. The van der Waals surface area contributed by atoms with Crippen molar-refractivity contribution in [3.63, 3.8) is 0 Å². The number of fused-ring (bicyclic) bond motifs is 3. The molecule has 0 aliphatic rings. The number of sulfone groups is 1. The smallest absolute Gasteiger partial charge is 0.229 e. The van der Waals surface area contributed by atoms with Crippen molar-refractivity contribution in [1.82, 2.24) is 19.8 Å². The summed E-state index contributed by atoms with van der Waals surface area (Å²) in [7, 11) is -3.91. The van der Waals surface area contributed by atoms with Gasteiger partial charge in [0.2, 0.25) is 14.9 Å². The number of para-hydroxylation sites is 1. The van der Waals surface area contributed by atoms with E-state index in [4.69, 9.17) is 4.98 Å². The van der Waals surface area contributed by atoms with E-state index in [9.17, 15) is 8.42 Å². The summed E-state index contributed by atoms with van der Waals surface area (Å²) in [5, 5.41) is 12.4. The monoisotopic (exact) mass is 485 g/mol. The fraction of sp³-hybridized carbons (Fsp3) is 0.222. The van der Waals surface area contributed by atoms with Crippen LogP contribution in [0.3, 0.4) is 0 Å². The van der Waals surface area contributed by atoms with Gasteiger partial charge in [-0.2, -0.15) is 4.52 Å². The standard InChI is InChI=1S/C27H27N5O2S/c1-18(2)20-13-15-22(16-14-20)35(33,34)27-26-29-25(28-17-19(3)21-9-5-4-6-10-21)23-11-7-8-12-24(23)32(26)31-30-27/h4-16,18-19H,17H2,1-3H3,(H,28,29)/t19-/m0/s1. The summed E-state index contributed by atoms with van der Waals surface area (Å²) >= 11 is 0. The second kappa shape index (κ2) is 9.11. The van der Waals surface area contributed by atoms with Crippen LogP contribution in [-0.2, 0) is 9.84 Å². The number of aromatic nitrogens is 4. The van der Waals surface area contributed by atoms with Gasteiger partial charge in [0.05, 0.1) is 10.4 Å². The maximum atomic E-state index is 13.5. The lowest BCUT2D eigenvalue weighted by Gasteiger charge is -2.15. The molecule has 0 fully saturated rings. The summed E-state index contributed by atoms with van der Waals surface area (Å²) in [5.74, 6) is 1.14. The van der Waals surface area contributed by atoms with Crippen LogP contribution >= 0.6 is 0 Å². The fourth-order valence-electron chi connectivity index (χ4n) is 4.15. The molecule has 0 spiro atoms. The Labute approximate surface area is 204 Å². The molecule has 0 unspecified atom stereocenters. The molecule has 1 N–H and O–H groups in total. The number of benzene rings is 3. The average molecular weight is 486 g/mol. The predicted octanol–water partition coefficient (Wildman–Crippen LogP) is 5.45. The van der Waals surface area contributed by atoms with Crippen molar-refractivity contribution < 1.29 is 8.42 Å². The zero-order chi connectivity index (χ0) is 24.6. The number of nitrogens with one attached hydrogen (secondary N) is 1. The number of nitrogens with zero attached hydrogens (tertiary/aromatic N) is 4. The molecule has 0 saturated heterocycles. The van der Waals surface area contributed by atoms with E-state index in [1.807, 2.05) is 54.6 Å². The van der Waals surface area contributed by atoms with Crippen LogP contribution in [0.5, 0.6) is 0 Å². The van der Waals surface area contributed by atoms with E-state index in [0.29, 0.717) is 18.3 Å². The third-order valence-electron chi connectivity index (χ3n) is 6.28. The Balaban J connectivity index is 1.57. The second-order valence-corrected chi connectivity index (χ2v) is 10.9. The van der Waals surface area contributed by atoms with E-state index in [1.54, 1.807) is 12.1 Å². The average Bonchev–Trinajstić information content (AvgIpc) is 3.32. The van der Waals surface area contributed by atoms with Crippen molar-refractivity contribution >= 4 is 32.2 Å². The second-order valence-electron chi connectivity index (χ2n) is 9.03. The van der Waals surface area contributed by atoms with Crippen LogP contribution in [0.4, 0.5) is 5.82 Å². The van der Waals surface area contributed by atoms with Gasteiger partial charge in [0.15, 0.2) is 5.65 Å². The van der Waals surface area contributed by atoms with Crippen LogP contribution in [0.15, 0.2) is 88.8 Å². The van der Waals surface area contributed by atoms with Gasteiger partial charge in [0.1, 0.15) is 5.82 Å². The van der Waals surface area contributed by atoms with Crippen molar-refractivity contribution in [3.8, 4) is 0 Å². The maximum absolute atomic E-state index is 13.5. The van der Waals surface area contributed by atoms with Gasteiger partial charge in [-0.3, -0.25) is 0 Å². The molecule has 5 aromatic rings. The normalized spacial score (nSPS) is 12.9. The van der Waals surface area contributed by atoms with Crippen molar-refractivity contribution in [3.05, 3.63) is 90.0 Å². The Morgan fingerprint density at radius 1 is 0.857 bits per heavy atom. The minimum atomic E-state index is -3.91. The van der Waals surface area contributed by atoms with Crippen LogP contribution in [0.2, 0.25) is 0 Å². The topological polar surface area (TPSA) is 89.2 Å². The molecule has 0 aliphatic heterocycles. The highest BCUT2D eigenvalue weighted by molar-refractivity contribution is 7.91. The third-order valence-corrected chi connectivity index (χ3v) is 7.94. The summed E-state index contributed by atoms with van der Waals surface area (Å²) < 4.78 is 28.5. The quantitative estimate of drug-likeness (QED) is 0.330. The van der Waals surface area contributed by atoms with Crippen LogP contribution in [-0.4, -0.2) is 34.8 Å². The van der Waals surface area contributed by atoms with Crippen LogP contribution in [0.25, 0.3) is 16.6 Å². The van der Waals surface area contributed by atoms with Gasteiger partial charge in [0, 0.05) is 11.9 Å². The van der Waals surface area contributed by atoms with Crippen LogP contribution in [0.1, 0.15) is 43.7 Å². The van der Waals surface area contributed by atoms with Crippen molar-refractivity contribution in [2.45, 2.75) is 42.5 Å². The van der Waals surface area contributed by atoms with E-state index < -0.39 is 9.84 Å². The zero-order valence-electron chi connectivity index (χ0n) is 19.9. The molecule has 178 valence electrons. The van der Waals surface area contributed by atoms with Crippen molar-refractivity contribution in [2.24, 2.45) is 0 Å². The Morgan fingerprint density at radius 3 is 2.26 bits per heavy atom. The molecule has 0 bridgehead atoms. The lowest BCUT2D eigenvalue weighted by atomic mass is 10.0. The molecule has 3 aromatic carbocycles. The minimum Gasteiger partial charge on any atom is -0.369 e. The van der Waals surface area contributed by atoms with Crippen molar-refractivity contribution in [1.29, 1.82) is 0 Å². The zero-order valence-corrected chi connectivity index (χ0v) is 20.7. The highest BCUT2D eigenvalue weighted by Gasteiger charge is 2.27. The molecule has 0 saturated carbocycles. The molecule has 0 amide bonds. The van der Waals surface area contributed by atoms with Crippen LogP contribution in [0, 0.1) is 0 Å². The molecule has 5 rings (SSSR count). The molecular weight excluding hydrogens is 458 g/mol. The van der Waals surface area contributed by atoms with Gasteiger partial charge < -0.3 is 5.32 Å². The third kappa shape index (κ3) is 4.25. The summed E-state index contributed by atoms with van der Waals surface area (Å²) in [6.45, 7) is 6.91. The highest BCUT2D eigenvalue weighted by atomic mass is 32.2. The van der Waals surface area contributed by atoms with Gasteiger partial charge in [0.25, 0.3) is 0 Å². The minimum absolute atomic E-state index is 0.153. The van der Waals surface area contributed by atoms with E-state index >= 15 is 0 Å². The lowest BCUT2D eigenvalue weighted by molar-refractivity contribution is 0.592. The SMILES string of the molecule is CC(C)c1ccc(S(=O)(=O)c2nnn3c2nc(NC[C@H](C)c2ccccc2)c2ccccc23)cc1. The summed E-state index contributed by atoms with van der Waals surface area (Å²) in [6, 6.07) is 24.8. The Hall–Kier alpha value is -3.78. The van der Waals surface area contributed by atoms with E-state index in [-0.39, 0.29) is 21.5 Å². The largest absolute Gasteiger partial charge is 0.369 e. The van der Waals surface area contributed by atoms with Gasteiger partial charge in [-0.05, 0) is 47.2 Å². The van der Waals surface area contributed by atoms with E-state index in [0.717, 1.165) is 16.5 Å². The lowest BCUT2D eigenvalue weighted by Crippen LogP contribution is -2.12. The first-order valence-electron chi connectivity index (χ1n) is 11.6. The molecule has 2 aromatic heterocycles. The Bertz CT molecular complexity index is 1590. The fourth-order valence-corrected chi connectivity index (χ4v) is 5.38. The van der Waals surface area contributed by atoms with E-state index in [1.165, 1.54) is 10.1 Å². The van der Waals surface area contributed by atoms with E-state index in [2.05, 4.69) is 48.5 Å². The Kier molecular flexibility index (Phi) is 5.98. The predicted molar refractivity (Wildman–Crippen MR) is 138 cm³/mol. The molecule has 35 heavy (non-hydrogen) atoms. The molecule has 0 aliphatic carbocycles. The number of rotatable bonds is 7. The molecule has 0 radical (unpaired) electrons. The molecule has 8 heteroatoms. The summed E-state index contributed by atoms with van der Waals surface area (Å²) in [6.07, 6.45) is 0. The number of hydrogen-bond donors (Lipinski definition) is 1. The van der Waals surface area contributed by atoms with Gasteiger partial charge in [-0.1, -0.05) is 80.6 Å². The summed E-state index contributed by atoms with van der Waals surface area (Å²) in [4.78, 5) is 4.89. The van der Waals surface area contributed by atoms with Gasteiger partial charge in [-0.25, -0.2) is 13.4 Å². The molecule has 2 heterocycles. The maximum Gasteiger partial charge on any atom is 0.229 e. The Morgan fingerprint density at radius 2 is 1.54 bits per heavy atom. The van der Waals surface area contributed by atoms with Crippen molar-refractivity contribution in [2.75, 3.05) is 11.9 Å². The first kappa shape index (κ1) is 23.0. The van der Waals surface area contributed by atoms with Gasteiger partial charge in [-0.15, -0.1) is 5.10 Å². The number of hydrogen-bond acceptors (Lipinski definition) is 6. The number of anilines is 1. The molecule has 7 nitrogen and oxygen atoms in total. The first-order valence-corrected chi connectivity index (χ1v) is 13.1. The summed E-state index contributed by atoms with van der Waals surface area (Å²) in [5.41, 5.74) is 3.22.